The molecule has 0 aliphatic heterocycles. The van der Waals surface area contributed by atoms with E-state index in [1.54, 1.807) is 13.8 Å². The quantitative estimate of drug-likeness (QED) is 0.600. The molecule has 0 amide bonds. The van der Waals surface area contributed by atoms with E-state index in [0.29, 0.717) is 11.3 Å². The fraction of sp³-hybridized carbons (Fsp3) is 0.250. The van der Waals surface area contributed by atoms with Gasteiger partial charge in [0.25, 0.3) is 5.56 Å². The summed E-state index contributed by atoms with van der Waals surface area (Å²) >= 11 is 0. The highest BCUT2D eigenvalue weighted by Crippen LogP contribution is 2.06. The van der Waals surface area contributed by atoms with Gasteiger partial charge in [0.05, 0.1) is 18.5 Å². The molecule has 104 valence electrons. The van der Waals surface area contributed by atoms with Crippen molar-refractivity contribution in [1.29, 1.82) is 0 Å². The Balaban J connectivity index is 2.47. The van der Waals surface area contributed by atoms with Gasteiger partial charge in [-0.1, -0.05) is 0 Å². The van der Waals surface area contributed by atoms with E-state index in [9.17, 15) is 14.4 Å². The molecule has 2 rings (SSSR count). The number of rotatable bonds is 3. The maximum Gasteiger partial charge on any atom is 0.333 e. The first kappa shape index (κ1) is 13.7. The van der Waals surface area contributed by atoms with E-state index in [4.69, 9.17) is 4.74 Å². The number of nitrogens with one attached hydrogen (secondary N) is 2. The van der Waals surface area contributed by atoms with E-state index >= 15 is 0 Å². The molecule has 2 aromatic rings. The van der Waals surface area contributed by atoms with Gasteiger partial charge in [-0.2, -0.15) is 0 Å². The molecule has 2 heterocycles. The minimum Gasteiger partial charge on any atom is -0.463 e. The first-order chi connectivity index (χ1) is 9.51. The molecule has 0 aliphatic carbocycles. The van der Waals surface area contributed by atoms with Crippen LogP contribution < -0.4 is 11.2 Å². The number of hydrogen-bond acceptors (Lipinski definition) is 6. The Morgan fingerprint density at radius 3 is 2.85 bits per heavy atom. The Hall–Kier alpha value is -2.77. The Bertz CT molecular complexity index is 803. The number of H-pyrrole nitrogens is 2. The Labute approximate surface area is 112 Å². The van der Waals surface area contributed by atoms with Crippen LogP contribution in [0.2, 0.25) is 0 Å². The Morgan fingerprint density at radius 1 is 1.40 bits per heavy atom. The van der Waals surface area contributed by atoms with E-state index in [2.05, 4.69) is 19.9 Å². The number of aromatic amines is 2. The molecule has 0 saturated heterocycles. The molecule has 0 bridgehead atoms. The lowest BCUT2D eigenvalue weighted by atomic mass is 10.2. The molecule has 0 aromatic carbocycles. The van der Waals surface area contributed by atoms with E-state index in [0.717, 1.165) is 0 Å². The third-order valence-electron chi connectivity index (χ3n) is 2.43. The third kappa shape index (κ3) is 2.79. The van der Waals surface area contributed by atoms with Gasteiger partial charge in [0.2, 0.25) is 0 Å². The maximum absolute atomic E-state index is 11.6. The summed E-state index contributed by atoms with van der Waals surface area (Å²) in [4.78, 5) is 46.5. The second-order valence-electron chi connectivity index (χ2n) is 3.95. The maximum atomic E-state index is 11.6. The molecule has 8 nitrogen and oxygen atoms in total. The molecule has 0 saturated carbocycles. The largest absolute Gasteiger partial charge is 0.463 e. The van der Waals surface area contributed by atoms with Gasteiger partial charge in [0.15, 0.2) is 11.2 Å². The van der Waals surface area contributed by atoms with Gasteiger partial charge in [-0.25, -0.2) is 19.6 Å². The van der Waals surface area contributed by atoms with Gasteiger partial charge < -0.3 is 4.74 Å². The zero-order valence-electron chi connectivity index (χ0n) is 10.9. The molecule has 0 aliphatic rings. The number of fused-ring (bicyclic) bond motifs is 1. The second-order valence-corrected chi connectivity index (χ2v) is 3.95. The lowest BCUT2D eigenvalue weighted by Gasteiger charge is -2.01. The summed E-state index contributed by atoms with van der Waals surface area (Å²) in [5.41, 5.74) is -0.551. The van der Waals surface area contributed by atoms with Crippen LogP contribution in [0.25, 0.3) is 17.2 Å². The summed E-state index contributed by atoms with van der Waals surface area (Å²) in [6, 6.07) is 0. The Morgan fingerprint density at radius 2 is 2.15 bits per heavy atom. The molecular weight excluding hydrogens is 264 g/mol. The molecule has 0 unspecified atom stereocenters. The highest BCUT2D eigenvalue weighted by molar-refractivity contribution is 5.92. The van der Waals surface area contributed by atoms with Crippen LogP contribution in [0.1, 0.15) is 19.5 Å². The van der Waals surface area contributed by atoms with Gasteiger partial charge in [-0.15, -0.1) is 0 Å². The van der Waals surface area contributed by atoms with Crippen molar-refractivity contribution in [2.45, 2.75) is 13.8 Å². The molecule has 20 heavy (non-hydrogen) atoms. The van der Waals surface area contributed by atoms with Gasteiger partial charge >= 0.3 is 11.7 Å². The van der Waals surface area contributed by atoms with E-state index in [-0.39, 0.29) is 17.8 Å². The van der Waals surface area contributed by atoms with Crippen molar-refractivity contribution in [3.05, 3.63) is 38.3 Å². The Kier molecular flexibility index (Phi) is 3.74. The first-order valence-corrected chi connectivity index (χ1v) is 5.86. The van der Waals surface area contributed by atoms with Crippen LogP contribution in [0.5, 0.6) is 0 Å². The molecule has 0 spiro atoms. The van der Waals surface area contributed by atoms with Crippen LogP contribution in [0.4, 0.5) is 0 Å². The summed E-state index contributed by atoms with van der Waals surface area (Å²) in [6.07, 6.45) is 2.80. The number of esters is 1. The summed E-state index contributed by atoms with van der Waals surface area (Å²) in [5.74, 6) is -0.468. The van der Waals surface area contributed by atoms with Crippen molar-refractivity contribution in [2.24, 2.45) is 0 Å². The van der Waals surface area contributed by atoms with E-state index in [1.165, 1.54) is 12.3 Å². The van der Waals surface area contributed by atoms with Crippen LogP contribution >= 0.6 is 0 Å². The smallest absolute Gasteiger partial charge is 0.333 e. The molecule has 0 radical (unpaired) electrons. The monoisotopic (exact) mass is 276 g/mol. The average Bonchev–Trinajstić information content (AvgIpc) is 2.39. The summed E-state index contributed by atoms with van der Waals surface area (Å²) in [7, 11) is 0. The fourth-order valence-corrected chi connectivity index (χ4v) is 1.55. The van der Waals surface area contributed by atoms with Crippen molar-refractivity contribution in [2.75, 3.05) is 6.61 Å². The lowest BCUT2D eigenvalue weighted by molar-refractivity contribution is -0.138. The van der Waals surface area contributed by atoms with Crippen molar-refractivity contribution in [3.8, 4) is 0 Å². The van der Waals surface area contributed by atoms with Crippen molar-refractivity contribution in [1.82, 2.24) is 19.9 Å². The zero-order chi connectivity index (χ0) is 14.7. The van der Waals surface area contributed by atoms with E-state index in [1.807, 2.05) is 0 Å². The highest BCUT2D eigenvalue weighted by Gasteiger charge is 2.07. The van der Waals surface area contributed by atoms with Crippen LogP contribution in [-0.4, -0.2) is 32.5 Å². The predicted molar refractivity (Wildman–Crippen MR) is 71.1 cm³/mol. The average molecular weight is 276 g/mol. The van der Waals surface area contributed by atoms with Crippen LogP contribution in [-0.2, 0) is 9.53 Å². The summed E-state index contributed by atoms with van der Waals surface area (Å²) < 4.78 is 4.83. The summed E-state index contributed by atoms with van der Waals surface area (Å²) in [6.45, 7) is 3.55. The number of ether oxygens (including phenoxy) is 1. The highest BCUT2D eigenvalue weighted by atomic mass is 16.5. The van der Waals surface area contributed by atoms with Crippen LogP contribution in [0.3, 0.4) is 0 Å². The topological polar surface area (TPSA) is 118 Å². The molecule has 0 atom stereocenters. The van der Waals surface area contributed by atoms with Gasteiger partial charge in [0, 0.05) is 5.57 Å². The third-order valence-corrected chi connectivity index (χ3v) is 2.43. The predicted octanol–water partition coefficient (Wildman–Crippen LogP) is -0.0272. The van der Waals surface area contributed by atoms with Gasteiger partial charge in [0.1, 0.15) is 0 Å². The standard InChI is InChI=1S/C12H12N4O4/c1-3-20-11(18)6(2)4-7-5-13-9-8(14-7)10(17)16-12(19)15-9/h4-5H,3H2,1-2H3,(H2,13,15,16,17,19)/b6-4+. The van der Waals surface area contributed by atoms with Gasteiger partial charge in [-0.3, -0.25) is 14.8 Å². The van der Waals surface area contributed by atoms with E-state index < -0.39 is 17.2 Å². The SMILES string of the molecule is CCOC(=O)/C(C)=C/c1cnc2[nH]c(=O)[nH]c(=O)c2n1. The van der Waals surface area contributed by atoms with Crippen LogP contribution in [0, 0.1) is 0 Å². The molecule has 8 heteroatoms. The van der Waals surface area contributed by atoms with Crippen molar-refractivity contribution >= 4 is 23.2 Å². The molecule has 2 N–H and O–H groups in total. The van der Waals surface area contributed by atoms with Crippen LogP contribution in [0.15, 0.2) is 21.4 Å². The minimum absolute atomic E-state index is 0.00462. The first-order valence-electron chi connectivity index (χ1n) is 5.86. The lowest BCUT2D eigenvalue weighted by Crippen LogP contribution is -2.23. The second kappa shape index (κ2) is 5.47. The minimum atomic E-state index is -0.650. The fourth-order valence-electron chi connectivity index (χ4n) is 1.55. The molecular formula is C12H12N4O4. The normalized spacial score (nSPS) is 11.6. The molecule has 0 fully saturated rings. The number of aromatic nitrogens is 4. The number of carbonyl (C=O) groups is 1. The number of nitrogens with zero attached hydrogens (tertiary/aromatic N) is 2. The van der Waals surface area contributed by atoms with Crippen molar-refractivity contribution < 1.29 is 9.53 Å². The molecule has 2 aromatic heterocycles. The summed E-state index contributed by atoms with van der Waals surface area (Å²) in [5, 5.41) is 0. The number of hydrogen-bond donors (Lipinski definition) is 2. The van der Waals surface area contributed by atoms with Crippen molar-refractivity contribution in [3.63, 3.8) is 0 Å². The number of carbonyl (C=O) groups excluding carboxylic acids is 1. The zero-order valence-corrected chi connectivity index (χ0v) is 10.9. The van der Waals surface area contributed by atoms with Gasteiger partial charge in [-0.05, 0) is 19.9 Å².